The Morgan fingerprint density at radius 3 is 2.94 bits per heavy atom. The molecule has 0 unspecified atom stereocenters. The van der Waals surface area contributed by atoms with Crippen LogP contribution in [0.5, 0.6) is 0 Å². The van der Waals surface area contributed by atoms with E-state index in [9.17, 15) is 0 Å². The van der Waals surface area contributed by atoms with E-state index in [-0.39, 0.29) is 0 Å². The molecule has 0 radical (unpaired) electrons. The molecule has 18 heavy (non-hydrogen) atoms. The van der Waals surface area contributed by atoms with Crippen molar-refractivity contribution >= 4 is 11.3 Å². The fourth-order valence-electron chi connectivity index (χ4n) is 2.04. The molecular formula is C14H19N3S. The van der Waals surface area contributed by atoms with Gasteiger partial charge in [0.25, 0.3) is 0 Å². The summed E-state index contributed by atoms with van der Waals surface area (Å²) in [4.78, 5) is 7.15. The summed E-state index contributed by atoms with van der Waals surface area (Å²) in [5.41, 5.74) is 1.29. The molecule has 3 rings (SSSR count). The zero-order valence-electron chi connectivity index (χ0n) is 10.7. The van der Waals surface area contributed by atoms with E-state index in [0.717, 1.165) is 25.6 Å². The first kappa shape index (κ1) is 11.9. The third kappa shape index (κ3) is 2.82. The lowest BCUT2D eigenvalue weighted by atomic mass is 10.3. The van der Waals surface area contributed by atoms with Crippen LogP contribution in [0.2, 0.25) is 0 Å². The molecule has 0 aliphatic heterocycles. The molecule has 96 valence electrons. The Morgan fingerprint density at radius 1 is 1.39 bits per heavy atom. The summed E-state index contributed by atoms with van der Waals surface area (Å²) in [6.45, 7) is 4.10. The van der Waals surface area contributed by atoms with Crippen LogP contribution in [0, 0.1) is 0 Å². The Kier molecular flexibility index (Phi) is 3.48. The van der Waals surface area contributed by atoms with E-state index in [1.165, 1.54) is 28.3 Å². The maximum atomic E-state index is 4.27. The second kappa shape index (κ2) is 5.24. The number of imidazole rings is 1. The minimum Gasteiger partial charge on any atom is -0.328 e. The first-order valence-electron chi connectivity index (χ1n) is 6.65. The molecule has 2 aromatic rings. The Balaban J connectivity index is 1.65. The third-order valence-electron chi connectivity index (χ3n) is 3.34. The van der Waals surface area contributed by atoms with Crippen molar-refractivity contribution in [1.82, 2.24) is 14.9 Å². The van der Waals surface area contributed by atoms with Crippen molar-refractivity contribution in [3.63, 3.8) is 0 Å². The summed E-state index contributed by atoms with van der Waals surface area (Å²) in [6.07, 6.45) is 7.71. The Morgan fingerprint density at radius 2 is 2.22 bits per heavy atom. The highest BCUT2D eigenvalue weighted by atomic mass is 32.1. The number of thiophene rings is 1. The van der Waals surface area contributed by atoms with Gasteiger partial charge in [-0.15, -0.1) is 11.3 Å². The molecule has 0 bridgehead atoms. The van der Waals surface area contributed by atoms with Gasteiger partial charge in [-0.2, -0.15) is 0 Å². The van der Waals surface area contributed by atoms with Gasteiger partial charge in [0.1, 0.15) is 0 Å². The number of hydrogen-bond donors (Lipinski definition) is 1. The number of hydrogen-bond acceptors (Lipinski definition) is 3. The maximum absolute atomic E-state index is 4.27. The number of nitrogens with zero attached hydrogens (tertiary/aromatic N) is 2. The molecule has 2 aromatic heterocycles. The zero-order valence-corrected chi connectivity index (χ0v) is 11.5. The first-order valence-corrected chi connectivity index (χ1v) is 7.47. The lowest BCUT2D eigenvalue weighted by Crippen LogP contribution is -2.18. The topological polar surface area (TPSA) is 29.9 Å². The Labute approximate surface area is 112 Å². The van der Waals surface area contributed by atoms with E-state index in [1.807, 2.05) is 23.9 Å². The molecule has 3 nitrogen and oxygen atoms in total. The molecular weight excluding hydrogens is 242 g/mol. The fraction of sp³-hybridized carbons (Fsp3) is 0.500. The van der Waals surface area contributed by atoms with Crippen molar-refractivity contribution < 1.29 is 0 Å². The highest BCUT2D eigenvalue weighted by Gasteiger charge is 2.20. The van der Waals surface area contributed by atoms with Gasteiger partial charge in [0, 0.05) is 28.5 Å². The molecule has 0 atom stereocenters. The summed E-state index contributed by atoms with van der Waals surface area (Å²) >= 11 is 1.91. The van der Waals surface area contributed by atoms with Gasteiger partial charge >= 0.3 is 0 Å². The minimum atomic E-state index is 0.752. The number of rotatable bonds is 6. The van der Waals surface area contributed by atoms with E-state index in [0.29, 0.717) is 0 Å². The second-order valence-electron chi connectivity index (χ2n) is 4.89. The number of nitrogens with one attached hydrogen (secondary N) is 1. The monoisotopic (exact) mass is 261 g/mol. The van der Waals surface area contributed by atoms with Gasteiger partial charge in [0.2, 0.25) is 0 Å². The first-order chi connectivity index (χ1) is 8.85. The van der Waals surface area contributed by atoms with E-state index < -0.39 is 0 Å². The van der Waals surface area contributed by atoms with E-state index in [2.05, 4.69) is 33.9 Å². The van der Waals surface area contributed by atoms with Crippen LogP contribution in [0.1, 0.15) is 35.2 Å². The molecule has 1 N–H and O–H groups in total. The molecule has 0 aromatic carbocycles. The van der Waals surface area contributed by atoms with Crippen LogP contribution < -0.4 is 5.32 Å². The van der Waals surface area contributed by atoms with Crippen LogP contribution in [0.3, 0.4) is 0 Å². The number of aryl methyl sites for hydroxylation is 1. The molecule has 1 aliphatic rings. The minimum absolute atomic E-state index is 0.752. The van der Waals surface area contributed by atoms with Gasteiger partial charge < -0.3 is 9.88 Å². The lowest BCUT2D eigenvalue weighted by molar-refractivity contribution is 0.636. The smallest absolute Gasteiger partial charge is 0.0952 e. The molecule has 1 fully saturated rings. The van der Waals surface area contributed by atoms with Crippen LogP contribution in [0.25, 0.3) is 0 Å². The van der Waals surface area contributed by atoms with Gasteiger partial charge in [-0.05, 0) is 31.4 Å². The van der Waals surface area contributed by atoms with Gasteiger partial charge in [-0.1, -0.05) is 6.92 Å². The van der Waals surface area contributed by atoms with E-state index in [4.69, 9.17) is 0 Å². The van der Waals surface area contributed by atoms with E-state index >= 15 is 0 Å². The van der Waals surface area contributed by atoms with Crippen LogP contribution >= 0.6 is 11.3 Å². The third-order valence-corrected chi connectivity index (χ3v) is 4.55. The van der Waals surface area contributed by atoms with Gasteiger partial charge in [0.15, 0.2) is 0 Å². The lowest BCUT2D eigenvalue weighted by Gasteiger charge is -2.07. The van der Waals surface area contributed by atoms with Gasteiger partial charge in [-0.25, -0.2) is 4.98 Å². The normalized spacial score (nSPS) is 15.2. The average Bonchev–Trinajstić information content (AvgIpc) is 2.93. The maximum Gasteiger partial charge on any atom is 0.0952 e. The predicted octanol–water partition coefficient (Wildman–Crippen LogP) is 2.81. The Bertz CT molecular complexity index is 511. The van der Waals surface area contributed by atoms with Crippen molar-refractivity contribution in [3.05, 3.63) is 40.1 Å². The summed E-state index contributed by atoms with van der Waals surface area (Å²) in [6, 6.07) is 5.22. The van der Waals surface area contributed by atoms with Crippen molar-refractivity contribution in [3.8, 4) is 0 Å². The van der Waals surface area contributed by atoms with Crippen molar-refractivity contribution in [2.75, 3.05) is 0 Å². The Hall–Kier alpha value is -1.13. The van der Waals surface area contributed by atoms with Crippen LogP contribution in [-0.2, 0) is 19.5 Å². The molecule has 1 saturated carbocycles. The zero-order chi connectivity index (χ0) is 12.4. The largest absolute Gasteiger partial charge is 0.328 e. The second-order valence-corrected chi connectivity index (χ2v) is 6.14. The number of aromatic nitrogens is 2. The molecule has 4 heteroatoms. The quantitative estimate of drug-likeness (QED) is 0.866. The molecule has 0 spiro atoms. The van der Waals surface area contributed by atoms with Crippen molar-refractivity contribution in [2.24, 2.45) is 0 Å². The van der Waals surface area contributed by atoms with Gasteiger partial charge in [0.05, 0.1) is 18.6 Å². The van der Waals surface area contributed by atoms with E-state index in [1.54, 1.807) is 0 Å². The summed E-state index contributed by atoms with van der Waals surface area (Å²) in [5.74, 6) is 0. The average molecular weight is 261 g/mol. The van der Waals surface area contributed by atoms with Crippen LogP contribution in [0.4, 0.5) is 0 Å². The standard InChI is InChI=1S/C14H19N3S/c1-2-13-5-6-14(18-13)9-17-10-15-7-12(17)8-16-11-3-4-11/h5-7,10-11,16H,2-4,8-9H2,1H3. The summed E-state index contributed by atoms with van der Waals surface area (Å²) in [5, 5.41) is 3.54. The predicted molar refractivity (Wildman–Crippen MR) is 74.9 cm³/mol. The molecule has 0 amide bonds. The summed E-state index contributed by atoms with van der Waals surface area (Å²) in [7, 11) is 0. The SMILES string of the molecule is CCc1ccc(Cn2cncc2CNC2CC2)s1. The van der Waals surface area contributed by atoms with Gasteiger partial charge in [-0.3, -0.25) is 0 Å². The summed E-state index contributed by atoms with van der Waals surface area (Å²) < 4.78 is 2.25. The van der Waals surface area contributed by atoms with Crippen molar-refractivity contribution in [2.45, 2.75) is 45.3 Å². The van der Waals surface area contributed by atoms with Crippen LogP contribution in [-0.4, -0.2) is 15.6 Å². The van der Waals surface area contributed by atoms with Crippen LogP contribution in [0.15, 0.2) is 24.7 Å². The molecule has 1 aliphatic carbocycles. The molecule has 0 saturated heterocycles. The highest BCUT2D eigenvalue weighted by Crippen LogP contribution is 2.20. The highest BCUT2D eigenvalue weighted by molar-refractivity contribution is 7.11. The molecule has 2 heterocycles. The van der Waals surface area contributed by atoms with Crippen molar-refractivity contribution in [1.29, 1.82) is 0 Å². The fourth-order valence-corrected chi connectivity index (χ4v) is 3.00.